The largest absolute Gasteiger partial charge is 0.368 e. The molecule has 0 unspecified atom stereocenters. The number of ether oxygens (including phenoxy) is 2. The summed E-state index contributed by atoms with van der Waals surface area (Å²) in [6.07, 6.45) is 1.55. The van der Waals surface area contributed by atoms with Crippen LogP contribution in [-0.2, 0) is 15.2 Å². The molecule has 4 heterocycles. The molecule has 0 saturated carbocycles. The van der Waals surface area contributed by atoms with E-state index in [9.17, 15) is 0 Å². The zero-order valence-corrected chi connectivity index (χ0v) is 18.2. The molecule has 0 radical (unpaired) electrons. The first kappa shape index (κ1) is 20.1. The number of nitrogens with zero attached hydrogens (tertiary/aromatic N) is 5. The molecule has 0 amide bonds. The van der Waals surface area contributed by atoms with Gasteiger partial charge in [0.2, 0.25) is 11.1 Å². The first-order valence-electron chi connectivity index (χ1n) is 9.51. The van der Waals surface area contributed by atoms with Gasteiger partial charge in [-0.25, -0.2) is 15.1 Å². The van der Waals surface area contributed by atoms with Crippen molar-refractivity contribution in [1.29, 1.82) is 0 Å². The minimum absolute atomic E-state index is 0.279. The molecule has 2 aromatic heterocycles. The van der Waals surface area contributed by atoms with Crippen molar-refractivity contribution >= 4 is 57.8 Å². The Morgan fingerprint density at radius 1 is 1.07 bits per heavy atom. The summed E-state index contributed by atoms with van der Waals surface area (Å²) < 4.78 is 11.7. The zero-order valence-electron chi connectivity index (χ0n) is 15.9. The van der Waals surface area contributed by atoms with Crippen LogP contribution in [0.4, 0.5) is 11.8 Å². The molecule has 9 nitrogen and oxygen atoms in total. The molecule has 30 heavy (non-hydrogen) atoms. The molecule has 5 rings (SSSR count). The number of H-pyrrole nitrogens is 1. The van der Waals surface area contributed by atoms with E-state index in [-0.39, 0.29) is 5.95 Å². The third kappa shape index (κ3) is 3.90. The fourth-order valence-electron chi connectivity index (χ4n) is 3.73. The third-order valence-electron chi connectivity index (χ3n) is 5.22. The highest BCUT2D eigenvalue weighted by molar-refractivity contribution is 7.98. The lowest BCUT2D eigenvalue weighted by molar-refractivity contribution is -0.169. The monoisotopic (exact) mass is 467 g/mol. The number of piperidine rings is 1. The van der Waals surface area contributed by atoms with Crippen molar-refractivity contribution in [1.82, 2.24) is 25.1 Å². The van der Waals surface area contributed by atoms with Crippen LogP contribution < -0.4 is 10.6 Å². The van der Waals surface area contributed by atoms with Crippen molar-refractivity contribution in [2.24, 2.45) is 0 Å². The van der Waals surface area contributed by atoms with Gasteiger partial charge < -0.3 is 20.1 Å². The Kier molecular flexibility index (Phi) is 5.36. The molecular weight excluding hydrogens is 449 g/mol. The molecular formula is C18H19Cl2N7O2S. The first-order valence-corrected chi connectivity index (χ1v) is 11.2. The number of aromatic amines is 1. The quantitative estimate of drug-likeness (QED) is 0.557. The van der Waals surface area contributed by atoms with Crippen LogP contribution in [0.3, 0.4) is 0 Å². The van der Waals surface area contributed by atoms with Gasteiger partial charge in [-0.1, -0.05) is 35.0 Å². The van der Waals surface area contributed by atoms with E-state index in [0.29, 0.717) is 45.2 Å². The van der Waals surface area contributed by atoms with Crippen LogP contribution in [-0.4, -0.2) is 57.2 Å². The number of hydrogen-bond acceptors (Lipinski definition) is 9. The molecule has 2 fully saturated rings. The average Bonchev–Trinajstić information content (AvgIpc) is 3.37. The number of aromatic nitrogens is 5. The Labute approximate surface area is 186 Å². The van der Waals surface area contributed by atoms with Gasteiger partial charge in [0.25, 0.3) is 0 Å². The summed E-state index contributed by atoms with van der Waals surface area (Å²) in [7, 11) is 0. The van der Waals surface area contributed by atoms with Gasteiger partial charge in [0, 0.05) is 31.7 Å². The minimum atomic E-state index is -0.455. The molecule has 2 aliphatic heterocycles. The number of rotatable bonds is 4. The Morgan fingerprint density at radius 2 is 1.73 bits per heavy atom. The maximum Gasteiger partial charge on any atom is 0.216 e. The summed E-state index contributed by atoms with van der Waals surface area (Å²) in [5.74, 6) is 1.17. The maximum absolute atomic E-state index is 6.21. The summed E-state index contributed by atoms with van der Waals surface area (Å²) in [5.41, 5.74) is 7.83. The second-order valence-electron chi connectivity index (χ2n) is 7.14. The average molecular weight is 468 g/mol. The van der Waals surface area contributed by atoms with Gasteiger partial charge >= 0.3 is 0 Å². The van der Waals surface area contributed by atoms with Crippen molar-refractivity contribution in [2.75, 3.05) is 36.9 Å². The molecule has 12 heteroatoms. The van der Waals surface area contributed by atoms with E-state index in [2.05, 4.69) is 20.1 Å². The molecule has 0 bridgehead atoms. The normalized spacial score (nSPS) is 18.5. The number of halogens is 2. The molecule has 3 aromatic rings. The number of anilines is 2. The minimum Gasteiger partial charge on any atom is -0.368 e. The van der Waals surface area contributed by atoms with Crippen LogP contribution in [0.5, 0.6) is 0 Å². The number of benzene rings is 1. The van der Waals surface area contributed by atoms with Crippen LogP contribution >= 0.6 is 35.0 Å². The Hall–Kier alpha value is -1.85. The SMILES string of the molecule is Nc1nc(SCc2nc3cc(Cl)c(Cl)cc3nc2N2CCC3(CC2)OCCO3)n[nH]1. The van der Waals surface area contributed by atoms with Crippen LogP contribution in [0.1, 0.15) is 18.5 Å². The van der Waals surface area contributed by atoms with Crippen molar-refractivity contribution in [3.05, 3.63) is 27.9 Å². The standard InChI is InChI=1S/C18H19Cl2N7O2S/c19-10-7-12-13(8-11(10)20)23-15(14(22-12)9-30-17-24-16(21)25-26-17)27-3-1-18(2-4-27)28-5-6-29-18/h7-8H,1-6,9H2,(H3,21,24,25,26). The molecule has 1 spiro atoms. The van der Waals surface area contributed by atoms with Gasteiger partial charge in [-0.05, 0) is 12.1 Å². The highest BCUT2D eigenvalue weighted by Crippen LogP contribution is 2.36. The topological polar surface area (TPSA) is 115 Å². The van der Waals surface area contributed by atoms with Gasteiger partial charge in [-0.2, -0.15) is 4.98 Å². The predicted molar refractivity (Wildman–Crippen MR) is 116 cm³/mol. The van der Waals surface area contributed by atoms with E-state index < -0.39 is 5.79 Å². The fraction of sp³-hybridized carbons (Fsp3) is 0.444. The number of hydrogen-bond donors (Lipinski definition) is 2. The molecule has 2 saturated heterocycles. The van der Waals surface area contributed by atoms with Crippen molar-refractivity contribution in [3.8, 4) is 0 Å². The second kappa shape index (κ2) is 8.01. The van der Waals surface area contributed by atoms with E-state index in [4.69, 9.17) is 48.4 Å². The van der Waals surface area contributed by atoms with Crippen molar-refractivity contribution in [2.45, 2.75) is 29.5 Å². The third-order valence-corrected chi connectivity index (χ3v) is 6.80. The Bertz CT molecular complexity index is 1080. The molecule has 0 aliphatic carbocycles. The highest BCUT2D eigenvalue weighted by Gasteiger charge is 2.40. The predicted octanol–water partition coefficient (Wildman–Crippen LogP) is 3.27. The number of nitrogens with one attached hydrogen (secondary N) is 1. The van der Waals surface area contributed by atoms with E-state index in [1.54, 1.807) is 12.1 Å². The Morgan fingerprint density at radius 3 is 2.37 bits per heavy atom. The van der Waals surface area contributed by atoms with Crippen molar-refractivity contribution in [3.63, 3.8) is 0 Å². The molecule has 1 aromatic carbocycles. The van der Waals surface area contributed by atoms with E-state index in [1.165, 1.54) is 11.8 Å². The smallest absolute Gasteiger partial charge is 0.216 e. The highest BCUT2D eigenvalue weighted by atomic mass is 35.5. The van der Waals surface area contributed by atoms with E-state index in [1.807, 2.05) is 0 Å². The maximum atomic E-state index is 6.21. The molecule has 158 valence electrons. The lowest BCUT2D eigenvalue weighted by Crippen LogP contribution is -2.45. The zero-order chi connectivity index (χ0) is 20.7. The summed E-state index contributed by atoms with van der Waals surface area (Å²) in [6, 6.07) is 3.48. The van der Waals surface area contributed by atoms with E-state index >= 15 is 0 Å². The van der Waals surface area contributed by atoms with Gasteiger partial charge in [-0.3, -0.25) is 0 Å². The van der Waals surface area contributed by atoms with Gasteiger partial charge in [0.1, 0.15) is 0 Å². The number of nitrogens with two attached hydrogens (primary N) is 1. The number of thioether (sulfide) groups is 1. The summed E-state index contributed by atoms with van der Waals surface area (Å²) in [6.45, 7) is 2.81. The van der Waals surface area contributed by atoms with Crippen LogP contribution in [0.15, 0.2) is 17.3 Å². The van der Waals surface area contributed by atoms with Crippen LogP contribution in [0.25, 0.3) is 11.0 Å². The van der Waals surface area contributed by atoms with Crippen LogP contribution in [0, 0.1) is 0 Å². The molecule has 2 aliphatic rings. The summed E-state index contributed by atoms with van der Waals surface area (Å²) >= 11 is 13.8. The summed E-state index contributed by atoms with van der Waals surface area (Å²) in [4.78, 5) is 16.1. The van der Waals surface area contributed by atoms with E-state index in [0.717, 1.165) is 37.4 Å². The number of nitrogen functional groups attached to an aromatic ring is 1. The van der Waals surface area contributed by atoms with Crippen molar-refractivity contribution < 1.29 is 9.47 Å². The fourth-order valence-corrected chi connectivity index (χ4v) is 4.78. The molecule has 0 atom stereocenters. The van der Waals surface area contributed by atoms with Gasteiger partial charge in [0.05, 0.1) is 40.0 Å². The van der Waals surface area contributed by atoms with Gasteiger partial charge in [0.15, 0.2) is 11.6 Å². The lowest BCUT2D eigenvalue weighted by atomic mass is 10.0. The number of fused-ring (bicyclic) bond motifs is 1. The lowest BCUT2D eigenvalue weighted by Gasteiger charge is -2.38. The second-order valence-corrected chi connectivity index (χ2v) is 8.89. The van der Waals surface area contributed by atoms with Gasteiger partial charge in [-0.15, -0.1) is 5.10 Å². The van der Waals surface area contributed by atoms with Crippen LogP contribution in [0.2, 0.25) is 10.0 Å². The first-order chi connectivity index (χ1) is 14.5. The summed E-state index contributed by atoms with van der Waals surface area (Å²) in [5, 5.41) is 8.17. The Balaban J connectivity index is 1.46. The molecule has 3 N–H and O–H groups in total.